The average molecular weight is 308 g/mol. The molecule has 0 aromatic heterocycles. The van der Waals surface area contributed by atoms with Gasteiger partial charge in [-0.25, -0.2) is 0 Å². The predicted octanol–water partition coefficient (Wildman–Crippen LogP) is 4.22. The van der Waals surface area contributed by atoms with E-state index in [0.29, 0.717) is 23.3 Å². The molecule has 2 N–H and O–H groups in total. The highest BCUT2D eigenvalue weighted by molar-refractivity contribution is 5.01. The van der Waals surface area contributed by atoms with Crippen LogP contribution in [0.1, 0.15) is 73.1 Å². The third-order valence-corrected chi connectivity index (χ3v) is 6.61. The third-order valence-electron chi connectivity index (χ3n) is 6.61. The second-order valence-corrected chi connectivity index (χ2v) is 9.75. The normalized spacial score (nSPS) is 37.2. The van der Waals surface area contributed by atoms with E-state index in [-0.39, 0.29) is 6.10 Å². The Hall–Kier alpha value is -0.0800. The minimum absolute atomic E-state index is 0.0553. The summed E-state index contributed by atoms with van der Waals surface area (Å²) in [5.41, 5.74) is 0.519. The van der Waals surface area contributed by atoms with Gasteiger partial charge in [-0.1, -0.05) is 34.6 Å². The molecule has 0 heterocycles. The maximum atomic E-state index is 10.7. The van der Waals surface area contributed by atoms with Crippen molar-refractivity contribution in [3.05, 3.63) is 0 Å². The fourth-order valence-electron chi connectivity index (χ4n) is 4.81. The molecule has 0 amide bonds. The zero-order valence-corrected chi connectivity index (χ0v) is 15.3. The molecule has 0 aliphatic heterocycles. The Kier molecular flexibility index (Phi) is 4.64. The zero-order valence-electron chi connectivity index (χ0n) is 15.3. The van der Waals surface area contributed by atoms with Crippen LogP contribution in [0.4, 0.5) is 0 Å². The van der Waals surface area contributed by atoms with Crippen molar-refractivity contribution in [2.24, 2.45) is 35.0 Å². The van der Waals surface area contributed by atoms with Crippen LogP contribution in [0.3, 0.4) is 0 Å². The van der Waals surface area contributed by atoms with Crippen LogP contribution in [0.5, 0.6) is 0 Å². The molecule has 3 rings (SSSR count). The third kappa shape index (κ3) is 4.06. The van der Waals surface area contributed by atoms with Crippen molar-refractivity contribution in [1.82, 2.24) is 5.32 Å². The summed E-state index contributed by atoms with van der Waals surface area (Å²) in [6, 6.07) is 1.31. The summed E-state index contributed by atoms with van der Waals surface area (Å²) in [5, 5.41) is 14.3. The first-order valence-corrected chi connectivity index (χ1v) is 9.72. The maximum absolute atomic E-state index is 10.7. The predicted molar refractivity (Wildman–Crippen MR) is 92.7 cm³/mol. The lowest BCUT2D eigenvalue weighted by Crippen LogP contribution is -2.28. The molecule has 5 unspecified atom stereocenters. The number of aliphatic hydroxyl groups excluding tert-OH is 1. The van der Waals surface area contributed by atoms with E-state index >= 15 is 0 Å². The van der Waals surface area contributed by atoms with E-state index in [9.17, 15) is 5.11 Å². The van der Waals surface area contributed by atoms with Gasteiger partial charge in [-0.2, -0.15) is 0 Å². The quantitative estimate of drug-likeness (QED) is 0.668. The molecule has 0 spiro atoms. The number of rotatable bonds is 9. The van der Waals surface area contributed by atoms with Crippen LogP contribution in [0.15, 0.2) is 0 Å². The van der Waals surface area contributed by atoms with Gasteiger partial charge in [0.1, 0.15) is 0 Å². The molecule has 3 aliphatic carbocycles. The molecule has 128 valence electrons. The molecule has 22 heavy (non-hydrogen) atoms. The van der Waals surface area contributed by atoms with Crippen molar-refractivity contribution in [2.45, 2.75) is 91.3 Å². The van der Waals surface area contributed by atoms with Crippen molar-refractivity contribution in [3.8, 4) is 0 Å². The average Bonchev–Trinajstić information content (AvgIpc) is 3.24. The summed E-state index contributed by atoms with van der Waals surface area (Å²) in [7, 11) is 0. The largest absolute Gasteiger partial charge is 0.393 e. The maximum Gasteiger partial charge on any atom is 0.0596 e. The summed E-state index contributed by atoms with van der Waals surface area (Å²) in [6.07, 6.45) is 7.97. The Balaban J connectivity index is 1.38. The lowest BCUT2D eigenvalue weighted by atomic mass is 9.81. The molecule has 0 saturated heterocycles. The van der Waals surface area contributed by atoms with Gasteiger partial charge < -0.3 is 10.4 Å². The van der Waals surface area contributed by atoms with Gasteiger partial charge in [0.05, 0.1) is 6.10 Å². The second-order valence-electron chi connectivity index (χ2n) is 9.75. The van der Waals surface area contributed by atoms with E-state index < -0.39 is 0 Å². The van der Waals surface area contributed by atoms with Crippen molar-refractivity contribution in [3.63, 3.8) is 0 Å². The van der Waals surface area contributed by atoms with Crippen molar-refractivity contribution < 1.29 is 5.11 Å². The van der Waals surface area contributed by atoms with Crippen LogP contribution in [-0.4, -0.2) is 23.3 Å². The van der Waals surface area contributed by atoms with Gasteiger partial charge in [0.25, 0.3) is 0 Å². The molecule has 0 aromatic carbocycles. The highest BCUT2D eigenvalue weighted by atomic mass is 16.3. The van der Waals surface area contributed by atoms with Crippen LogP contribution >= 0.6 is 0 Å². The Morgan fingerprint density at radius 3 is 2.36 bits per heavy atom. The Bertz CT molecular complexity index is 387. The van der Waals surface area contributed by atoms with E-state index in [1.54, 1.807) is 0 Å². The van der Waals surface area contributed by atoms with Crippen molar-refractivity contribution >= 4 is 0 Å². The highest BCUT2D eigenvalue weighted by Gasteiger charge is 2.50. The van der Waals surface area contributed by atoms with Gasteiger partial charge in [0, 0.05) is 12.1 Å². The van der Waals surface area contributed by atoms with E-state index in [4.69, 9.17) is 0 Å². The second kappa shape index (κ2) is 6.09. The first kappa shape index (κ1) is 16.8. The fourth-order valence-corrected chi connectivity index (χ4v) is 4.81. The molecule has 0 bridgehead atoms. The van der Waals surface area contributed by atoms with Crippen LogP contribution in [0.2, 0.25) is 0 Å². The Morgan fingerprint density at radius 1 is 1.09 bits per heavy atom. The minimum atomic E-state index is -0.0553. The molecule has 2 heteroatoms. The van der Waals surface area contributed by atoms with E-state index in [0.717, 1.165) is 23.8 Å². The van der Waals surface area contributed by atoms with Gasteiger partial charge in [0.2, 0.25) is 0 Å². The number of hydrogen-bond acceptors (Lipinski definition) is 2. The van der Waals surface area contributed by atoms with Gasteiger partial charge in [0.15, 0.2) is 0 Å². The smallest absolute Gasteiger partial charge is 0.0596 e. The van der Waals surface area contributed by atoms with E-state index in [2.05, 4.69) is 39.9 Å². The lowest BCUT2D eigenvalue weighted by molar-refractivity contribution is 0.0780. The monoisotopic (exact) mass is 307 g/mol. The fraction of sp³-hybridized carbons (Fsp3) is 1.00. The van der Waals surface area contributed by atoms with E-state index in [1.165, 1.54) is 38.5 Å². The molecular weight excluding hydrogens is 270 g/mol. The SMILES string of the molecule is CC(C)NC1CC1C[C@@H](C)C(O)C1CC1CC(C)(C)C1CC1. The van der Waals surface area contributed by atoms with Gasteiger partial charge in [-0.05, 0) is 73.5 Å². The molecule has 6 atom stereocenters. The Labute approximate surface area is 137 Å². The topological polar surface area (TPSA) is 32.3 Å². The number of aliphatic hydroxyl groups is 1. The molecular formula is C20H37NO. The summed E-state index contributed by atoms with van der Waals surface area (Å²) < 4.78 is 0. The standard InChI is InChI=1S/C20H37NO/c1-12(2)21-18-10-14(18)8-13(3)19(22)17-9-15(17)11-20(4,5)16-6-7-16/h12-19,21-22H,6-11H2,1-5H3/t13-,14?,15?,17?,18?,19?/m1/s1. The van der Waals surface area contributed by atoms with Crippen LogP contribution in [-0.2, 0) is 0 Å². The van der Waals surface area contributed by atoms with E-state index in [1.807, 2.05) is 0 Å². The van der Waals surface area contributed by atoms with Crippen LogP contribution < -0.4 is 5.32 Å². The Morgan fingerprint density at radius 2 is 1.77 bits per heavy atom. The molecule has 3 saturated carbocycles. The molecule has 0 radical (unpaired) electrons. The van der Waals surface area contributed by atoms with Crippen molar-refractivity contribution in [1.29, 1.82) is 0 Å². The number of nitrogens with one attached hydrogen (secondary N) is 1. The molecule has 2 nitrogen and oxygen atoms in total. The summed E-state index contributed by atoms with van der Waals surface area (Å²) in [4.78, 5) is 0. The summed E-state index contributed by atoms with van der Waals surface area (Å²) in [6.45, 7) is 11.6. The first-order chi connectivity index (χ1) is 10.3. The van der Waals surface area contributed by atoms with Crippen LogP contribution in [0, 0.1) is 35.0 Å². The summed E-state index contributed by atoms with van der Waals surface area (Å²) in [5.74, 6) is 3.66. The van der Waals surface area contributed by atoms with Gasteiger partial charge >= 0.3 is 0 Å². The molecule has 0 aromatic rings. The molecule has 3 aliphatic rings. The van der Waals surface area contributed by atoms with Crippen LogP contribution in [0.25, 0.3) is 0 Å². The summed E-state index contributed by atoms with van der Waals surface area (Å²) >= 11 is 0. The van der Waals surface area contributed by atoms with Crippen molar-refractivity contribution in [2.75, 3.05) is 0 Å². The van der Waals surface area contributed by atoms with Gasteiger partial charge in [-0.15, -0.1) is 0 Å². The van der Waals surface area contributed by atoms with Gasteiger partial charge in [-0.3, -0.25) is 0 Å². The molecule has 3 fully saturated rings. The minimum Gasteiger partial charge on any atom is -0.393 e. The lowest BCUT2D eigenvalue weighted by Gasteiger charge is -2.25. The first-order valence-electron chi connectivity index (χ1n) is 9.72. The highest BCUT2D eigenvalue weighted by Crippen LogP contribution is 2.56. The zero-order chi connectivity index (χ0) is 16.1. The number of hydrogen-bond donors (Lipinski definition) is 2.